The lowest BCUT2D eigenvalue weighted by atomic mass is 10.1. The quantitative estimate of drug-likeness (QED) is 0.885. The van der Waals surface area contributed by atoms with E-state index < -0.39 is 0 Å². The van der Waals surface area contributed by atoms with Crippen molar-refractivity contribution in [2.24, 2.45) is 0 Å². The molecule has 3 nitrogen and oxygen atoms in total. The highest BCUT2D eigenvalue weighted by Gasteiger charge is 2.09. The van der Waals surface area contributed by atoms with Crippen molar-refractivity contribution in [3.05, 3.63) is 58.6 Å². The molecule has 0 heterocycles. The van der Waals surface area contributed by atoms with Gasteiger partial charge in [-0.2, -0.15) is 5.26 Å². The molecular weight excluding hydrogens is 260 g/mol. The first-order valence-electron chi connectivity index (χ1n) is 5.85. The van der Waals surface area contributed by atoms with E-state index in [4.69, 9.17) is 16.9 Å². The second-order valence-corrected chi connectivity index (χ2v) is 4.67. The molecule has 2 N–H and O–H groups in total. The van der Waals surface area contributed by atoms with Crippen molar-refractivity contribution in [1.29, 1.82) is 5.26 Å². The van der Waals surface area contributed by atoms with Gasteiger partial charge in [0.1, 0.15) is 5.75 Å². The summed E-state index contributed by atoms with van der Waals surface area (Å²) in [7, 11) is 0. The molecule has 0 spiro atoms. The number of hydrogen-bond acceptors (Lipinski definition) is 3. The molecule has 0 aliphatic rings. The molecule has 2 rings (SSSR count). The average Bonchev–Trinajstić information content (AvgIpc) is 2.41. The Bertz CT molecular complexity index is 634. The zero-order valence-corrected chi connectivity index (χ0v) is 11.1. The number of anilines is 1. The Balaban J connectivity index is 2.24. The van der Waals surface area contributed by atoms with E-state index in [0.29, 0.717) is 16.3 Å². The Hall–Kier alpha value is -2.18. The van der Waals surface area contributed by atoms with Gasteiger partial charge in [-0.15, -0.1) is 0 Å². The van der Waals surface area contributed by atoms with Gasteiger partial charge in [-0.25, -0.2) is 0 Å². The van der Waals surface area contributed by atoms with E-state index in [1.165, 1.54) is 0 Å². The van der Waals surface area contributed by atoms with E-state index >= 15 is 0 Å². The molecule has 2 aromatic carbocycles. The SMILES string of the molecule is CC(Nc1cc(C#N)ccc1Cl)c1cccc(O)c1. The standard InChI is InChI=1S/C15H13ClN2O/c1-10(12-3-2-4-13(19)8-12)18-15-7-11(9-17)5-6-14(15)16/h2-8,10,18-19H,1H3. The van der Waals surface area contributed by atoms with Crippen molar-refractivity contribution < 1.29 is 5.11 Å². The average molecular weight is 273 g/mol. The molecule has 4 heteroatoms. The summed E-state index contributed by atoms with van der Waals surface area (Å²) in [4.78, 5) is 0. The van der Waals surface area contributed by atoms with Crippen LogP contribution >= 0.6 is 11.6 Å². The maximum Gasteiger partial charge on any atom is 0.115 e. The number of nitriles is 1. The zero-order chi connectivity index (χ0) is 13.8. The maximum atomic E-state index is 9.47. The number of aromatic hydroxyl groups is 1. The first-order valence-corrected chi connectivity index (χ1v) is 6.23. The fourth-order valence-electron chi connectivity index (χ4n) is 1.82. The lowest BCUT2D eigenvalue weighted by Gasteiger charge is -2.17. The van der Waals surface area contributed by atoms with Crippen LogP contribution < -0.4 is 5.32 Å². The maximum absolute atomic E-state index is 9.47. The Kier molecular flexibility index (Phi) is 3.94. The van der Waals surface area contributed by atoms with Crippen molar-refractivity contribution >= 4 is 17.3 Å². The fraction of sp³-hybridized carbons (Fsp3) is 0.133. The highest BCUT2D eigenvalue weighted by molar-refractivity contribution is 6.33. The van der Waals surface area contributed by atoms with E-state index in [0.717, 1.165) is 5.56 Å². The van der Waals surface area contributed by atoms with E-state index in [1.807, 2.05) is 13.0 Å². The van der Waals surface area contributed by atoms with Gasteiger partial charge in [0.05, 0.1) is 22.3 Å². The van der Waals surface area contributed by atoms with Gasteiger partial charge in [0.2, 0.25) is 0 Å². The number of nitrogens with one attached hydrogen (secondary N) is 1. The Morgan fingerprint density at radius 3 is 2.74 bits per heavy atom. The Labute approximate surface area is 117 Å². The van der Waals surface area contributed by atoms with Crippen molar-refractivity contribution in [3.63, 3.8) is 0 Å². The molecular formula is C15H13ClN2O. The number of phenols is 1. The van der Waals surface area contributed by atoms with Gasteiger partial charge in [-0.3, -0.25) is 0 Å². The van der Waals surface area contributed by atoms with Gasteiger partial charge in [0.15, 0.2) is 0 Å². The van der Waals surface area contributed by atoms with E-state index in [9.17, 15) is 5.11 Å². The summed E-state index contributed by atoms with van der Waals surface area (Å²) in [5.41, 5.74) is 2.20. The van der Waals surface area contributed by atoms with Gasteiger partial charge >= 0.3 is 0 Å². The van der Waals surface area contributed by atoms with Crippen LogP contribution in [0.15, 0.2) is 42.5 Å². The van der Waals surface area contributed by atoms with Crippen LogP contribution in [0.1, 0.15) is 24.1 Å². The van der Waals surface area contributed by atoms with Crippen LogP contribution in [-0.4, -0.2) is 5.11 Å². The molecule has 0 amide bonds. The lowest BCUT2D eigenvalue weighted by Crippen LogP contribution is -2.07. The molecule has 96 valence electrons. The highest BCUT2D eigenvalue weighted by Crippen LogP contribution is 2.28. The molecule has 0 saturated heterocycles. The number of phenolic OH excluding ortho intramolecular Hbond substituents is 1. The predicted molar refractivity (Wildman–Crippen MR) is 76.3 cm³/mol. The van der Waals surface area contributed by atoms with Crippen molar-refractivity contribution in [2.75, 3.05) is 5.32 Å². The number of halogens is 1. The van der Waals surface area contributed by atoms with E-state index in [-0.39, 0.29) is 11.8 Å². The molecule has 0 saturated carbocycles. The normalized spacial score (nSPS) is 11.6. The first kappa shape index (κ1) is 13.3. The number of nitrogens with zero attached hydrogens (tertiary/aromatic N) is 1. The van der Waals surface area contributed by atoms with Crippen LogP contribution in [0.25, 0.3) is 0 Å². The Morgan fingerprint density at radius 2 is 2.05 bits per heavy atom. The molecule has 1 atom stereocenters. The molecule has 0 aliphatic heterocycles. The summed E-state index contributed by atoms with van der Waals surface area (Å²) in [5.74, 6) is 0.225. The monoisotopic (exact) mass is 272 g/mol. The van der Waals surface area contributed by atoms with Gasteiger partial charge in [-0.05, 0) is 42.8 Å². The van der Waals surface area contributed by atoms with Crippen LogP contribution in [-0.2, 0) is 0 Å². The predicted octanol–water partition coefficient (Wildman–Crippen LogP) is 4.09. The van der Waals surface area contributed by atoms with Crippen LogP contribution in [0, 0.1) is 11.3 Å². The smallest absolute Gasteiger partial charge is 0.115 e. The van der Waals surface area contributed by atoms with E-state index in [1.54, 1.807) is 36.4 Å². The minimum absolute atomic E-state index is 0.0291. The summed E-state index contributed by atoms with van der Waals surface area (Å²) in [6.45, 7) is 1.96. The van der Waals surface area contributed by atoms with Gasteiger partial charge in [-0.1, -0.05) is 23.7 Å². The Morgan fingerprint density at radius 1 is 1.26 bits per heavy atom. The minimum Gasteiger partial charge on any atom is -0.508 e. The van der Waals surface area contributed by atoms with Crippen molar-refractivity contribution in [3.8, 4) is 11.8 Å². The van der Waals surface area contributed by atoms with Gasteiger partial charge in [0, 0.05) is 6.04 Å². The second kappa shape index (κ2) is 5.64. The molecule has 2 aromatic rings. The summed E-state index contributed by atoms with van der Waals surface area (Å²) in [5, 5.41) is 22.1. The molecule has 0 aliphatic carbocycles. The third kappa shape index (κ3) is 3.18. The van der Waals surface area contributed by atoms with Gasteiger partial charge < -0.3 is 10.4 Å². The summed E-state index contributed by atoms with van der Waals surface area (Å²) >= 11 is 6.09. The van der Waals surface area contributed by atoms with Crippen LogP contribution in [0.2, 0.25) is 5.02 Å². The summed E-state index contributed by atoms with van der Waals surface area (Å²) in [6, 6.07) is 14.1. The van der Waals surface area contributed by atoms with Crippen molar-refractivity contribution in [2.45, 2.75) is 13.0 Å². The molecule has 0 bridgehead atoms. The third-order valence-electron chi connectivity index (χ3n) is 2.84. The molecule has 19 heavy (non-hydrogen) atoms. The topological polar surface area (TPSA) is 56.0 Å². The third-order valence-corrected chi connectivity index (χ3v) is 3.17. The van der Waals surface area contributed by atoms with Crippen LogP contribution in [0.3, 0.4) is 0 Å². The van der Waals surface area contributed by atoms with Crippen LogP contribution in [0.4, 0.5) is 5.69 Å². The van der Waals surface area contributed by atoms with E-state index in [2.05, 4.69) is 11.4 Å². The largest absolute Gasteiger partial charge is 0.508 e. The summed E-state index contributed by atoms with van der Waals surface area (Å²) < 4.78 is 0. The molecule has 0 aromatic heterocycles. The number of benzene rings is 2. The first-order chi connectivity index (χ1) is 9.10. The van der Waals surface area contributed by atoms with Gasteiger partial charge in [0.25, 0.3) is 0 Å². The summed E-state index contributed by atoms with van der Waals surface area (Å²) in [6.07, 6.45) is 0. The minimum atomic E-state index is -0.0291. The number of rotatable bonds is 3. The van der Waals surface area contributed by atoms with Crippen LogP contribution in [0.5, 0.6) is 5.75 Å². The zero-order valence-electron chi connectivity index (χ0n) is 10.4. The number of hydrogen-bond donors (Lipinski definition) is 2. The molecule has 0 radical (unpaired) electrons. The fourth-order valence-corrected chi connectivity index (χ4v) is 1.99. The lowest BCUT2D eigenvalue weighted by molar-refractivity contribution is 0.474. The molecule has 1 unspecified atom stereocenters. The van der Waals surface area contributed by atoms with Crippen molar-refractivity contribution in [1.82, 2.24) is 0 Å². The second-order valence-electron chi connectivity index (χ2n) is 4.27. The highest BCUT2D eigenvalue weighted by atomic mass is 35.5. The molecule has 0 fully saturated rings.